The molecule has 4 heteroatoms. The third-order valence-corrected chi connectivity index (χ3v) is 4.46. The van der Waals surface area contributed by atoms with E-state index in [2.05, 4.69) is 36.7 Å². The zero-order valence-electron chi connectivity index (χ0n) is 9.70. The van der Waals surface area contributed by atoms with Crippen LogP contribution in [0.15, 0.2) is 0 Å². The van der Waals surface area contributed by atoms with Gasteiger partial charge in [-0.1, -0.05) is 36.7 Å². The number of hydrogen-bond donors (Lipinski definition) is 0. The first-order chi connectivity index (χ1) is 6.93. The number of hydrogen-bond acceptors (Lipinski definition) is 3. The Labute approximate surface area is 99.6 Å². The highest BCUT2D eigenvalue weighted by Crippen LogP contribution is 2.37. The summed E-state index contributed by atoms with van der Waals surface area (Å²) in [5.74, 6) is 1.20. The van der Waals surface area contributed by atoms with E-state index in [0.717, 1.165) is 0 Å². The predicted molar refractivity (Wildman–Crippen MR) is 61.7 cm³/mol. The van der Waals surface area contributed by atoms with Crippen molar-refractivity contribution in [1.29, 1.82) is 0 Å². The van der Waals surface area contributed by atoms with Crippen molar-refractivity contribution in [2.45, 2.75) is 38.8 Å². The lowest BCUT2D eigenvalue weighted by Gasteiger charge is -2.41. The predicted octanol–water partition coefficient (Wildman–Crippen LogP) is 2.58. The van der Waals surface area contributed by atoms with Crippen LogP contribution >= 0.6 is 15.9 Å². The van der Waals surface area contributed by atoms with Crippen LogP contribution in [0.3, 0.4) is 0 Å². The van der Waals surface area contributed by atoms with E-state index in [4.69, 9.17) is 9.47 Å². The standard InChI is InChI=1S/C11H19BrO3/c1-6-7(2)10(5-14-9(4)13)15-11(12)8(6)3/h6-8,10-11H,5H2,1-4H3/t6-,7+,8?,10?,11-/m0/s1. The van der Waals surface area contributed by atoms with Crippen LogP contribution in [0.25, 0.3) is 0 Å². The lowest BCUT2D eigenvalue weighted by atomic mass is 9.80. The van der Waals surface area contributed by atoms with Crippen molar-refractivity contribution in [1.82, 2.24) is 0 Å². The average molecular weight is 279 g/mol. The maximum absolute atomic E-state index is 10.7. The van der Waals surface area contributed by atoms with Crippen LogP contribution in [0, 0.1) is 17.8 Å². The van der Waals surface area contributed by atoms with Crippen LogP contribution in [-0.2, 0) is 14.3 Å². The molecule has 1 rings (SSSR count). The molecule has 0 aromatic heterocycles. The van der Waals surface area contributed by atoms with E-state index in [1.807, 2.05) is 0 Å². The van der Waals surface area contributed by atoms with Crippen molar-refractivity contribution >= 4 is 21.9 Å². The zero-order chi connectivity index (χ0) is 11.6. The number of ether oxygens (including phenoxy) is 2. The number of esters is 1. The van der Waals surface area contributed by atoms with Gasteiger partial charge in [0.25, 0.3) is 0 Å². The number of halogens is 1. The normalized spacial score (nSPS) is 41.3. The van der Waals surface area contributed by atoms with Gasteiger partial charge in [0.15, 0.2) is 0 Å². The van der Waals surface area contributed by atoms with Gasteiger partial charge in [0.2, 0.25) is 0 Å². The maximum Gasteiger partial charge on any atom is 0.302 e. The van der Waals surface area contributed by atoms with E-state index in [1.54, 1.807) is 0 Å². The fourth-order valence-electron chi connectivity index (χ4n) is 1.86. The van der Waals surface area contributed by atoms with Gasteiger partial charge in [0.05, 0.1) is 6.10 Å². The SMILES string of the molecule is CC(=O)OCC1O[C@H](Br)C(C)[C@@H](C)[C@H]1C. The molecular weight excluding hydrogens is 260 g/mol. The smallest absolute Gasteiger partial charge is 0.302 e. The van der Waals surface area contributed by atoms with E-state index < -0.39 is 0 Å². The molecule has 0 saturated carbocycles. The molecule has 0 spiro atoms. The van der Waals surface area contributed by atoms with Gasteiger partial charge in [-0.25, -0.2) is 0 Å². The molecule has 15 heavy (non-hydrogen) atoms. The summed E-state index contributed by atoms with van der Waals surface area (Å²) in [5.41, 5.74) is 0. The number of alkyl halides is 1. The molecular formula is C11H19BrO3. The molecule has 0 radical (unpaired) electrons. The molecule has 88 valence electrons. The monoisotopic (exact) mass is 278 g/mol. The minimum Gasteiger partial charge on any atom is -0.463 e. The number of carbonyl (C=O) groups is 1. The van der Waals surface area contributed by atoms with E-state index >= 15 is 0 Å². The lowest BCUT2D eigenvalue weighted by Crippen LogP contribution is -2.44. The Morgan fingerprint density at radius 1 is 1.27 bits per heavy atom. The van der Waals surface area contributed by atoms with Gasteiger partial charge >= 0.3 is 5.97 Å². The van der Waals surface area contributed by atoms with Gasteiger partial charge in [-0.15, -0.1) is 0 Å². The van der Waals surface area contributed by atoms with Gasteiger partial charge in [-0.3, -0.25) is 4.79 Å². The zero-order valence-corrected chi connectivity index (χ0v) is 11.3. The van der Waals surface area contributed by atoms with Gasteiger partial charge in [0, 0.05) is 6.92 Å². The first-order valence-electron chi connectivity index (χ1n) is 5.36. The van der Waals surface area contributed by atoms with E-state index in [0.29, 0.717) is 24.4 Å². The van der Waals surface area contributed by atoms with Gasteiger partial charge < -0.3 is 9.47 Å². The summed E-state index contributed by atoms with van der Waals surface area (Å²) >= 11 is 3.51. The highest BCUT2D eigenvalue weighted by Gasteiger charge is 2.38. The summed E-state index contributed by atoms with van der Waals surface area (Å²) in [7, 11) is 0. The molecule has 0 bridgehead atoms. The Bertz CT molecular complexity index is 232. The summed E-state index contributed by atoms with van der Waals surface area (Å²) in [5, 5.41) is 0.0595. The molecule has 0 N–H and O–H groups in total. The summed E-state index contributed by atoms with van der Waals surface area (Å²) in [6, 6.07) is 0. The van der Waals surface area contributed by atoms with Crippen molar-refractivity contribution in [3.8, 4) is 0 Å². The lowest BCUT2D eigenvalue weighted by molar-refractivity contribution is -0.155. The average Bonchev–Trinajstić information content (AvgIpc) is 2.18. The molecule has 0 aliphatic carbocycles. The van der Waals surface area contributed by atoms with Crippen molar-refractivity contribution < 1.29 is 14.3 Å². The molecule has 1 aliphatic heterocycles. The number of carbonyl (C=O) groups excluding carboxylic acids is 1. The molecule has 1 fully saturated rings. The molecule has 1 saturated heterocycles. The molecule has 5 atom stereocenters. The molecule has 0 amide bonds. The Balaban J connectivity index is 2.54. The number of rotatable bonds is 2. The fourth-order valence-corrected chi connectivity index (χ4v) is 2.62. The highest BCUT2D eigenvalue weighted by atomic mass is 79.9. The summed E-state index contributed by atoms with van der Waals surface area (Å²) in [6.07, 6.45) is 0.00414. The van der Waals surface area contributed by atoms with Crippen molar-refractivity contribution in [2.24, 2.45) is 17.8 Å². The first kappa shape index (κ1) is 13.0. The Hall–Kier alpha value is -0.0900. The summed E-state index contributed by atoms with van der Waals surface area (Å²) < 4.78 is 10.8. The Morgan fingerprint density at radius 3 is 2.40 bits per heavy atom. The quantitative estimate of drug-likeness (QED) is 0.575. The minimum atomic E-state index is -0.247. The van der Waals surface area contributed by atoms with E-state index in [1.165, 1.54) is 6.92 Å². The van der Waals surface area contributed by atoms with Crippen LogP contribution < -0.4 is 0 Å². The Kier molecular flexibility index (Phi) is 4.59. The van der Waals surface area contributed by atoms with Gasteiger partial charge in [-0.05, 0) is 17.8 Å². The van der Waals surface area contributed by atoms with Crippen LogP contribution in [0.1, 0.15) is 27.7 Å². The second kappa shape index (κ2) is 5.30. The van der Waals surface area contributed by atoms with Gasteiger partial charge in [0.1, 0.15) is 11.6 Å². The molecule has 3 nitrogen and oxygen atoms in total. The largest absolute Gasteiger partial charge is 0.463 e. The topological polar surface area (TPSA) is 35.5 Å². The minimum absolute atomic E-state index is 0.00414. The van der Waals surface area contributed by atoms with Crippen LogP contribution in [-0.4, -0.2) is 23.7 Å². The molecule has 0 aromatic carbocycles. The van der Waals surface area contributed by atoms with E-state index in [9.17, 15) is 4.79 Å². The molecule has 0 aromatic rings. The second-order valence-electron chi connectivity index (χ2n) is 4.41. The summed E-state index contributed by atoms with van der Waals surface area (Å²) in [6.45, 7) is 8.31. The van der Waals surface area contributed by atoms with Crippen molar-refractivity contribution in [3.05, 3.63) is 0 Å². The second-order valence-corrected chi connectivity index (χ2v) is 5.31. The van der Waals surface area contributed by atoms with Crippen molar-refractivity contribution in [2.75, 3.05) is 6.61 Å². The van der Waals surface area contributed by atoms with Gasteiger partial charge in [-0.2, -0.15) is 0 Å². The fraction of sp³-hybridized carbons (Fsp3) is 0.909. The molecule has 1 heterocycles. The third kappa shape index (κ3) is 3.18. The highest BCUT2D eigenvalue weighted by molar-refractivity contribution is 9.09. The maximum atomic E-state index is 10.7. The van der Waals surface area contributed by atoms with Crippen LogP contribution in [0.4, 0.5) is 0 Å². The third-order valence-electron chi connectivity index (χ3n) is 3.41. The van der Waals surface area contributed by atoms with Crippen LogP contribution in [0.2, 0.25) is 0 Å². The molecule has 1 aliphatic rings. The van der Waals surface area contributed by atoms with Crippen LogP contribution in [0.5, 0.6) is 0 Å². The van der Waals surface area contributed by atoms with E-state index in [-0.39, 0.29) is 17.1 Å². The first-order valence-corrected chi connectivity index (χ1v) is 6.28. The van der Waals surface area contributed by atoms with Crippen molar-refractivity contribution in [3.63, 3.8) is 0 Å². The summed E-state index contributed by atoms with van der Waals surface area (Å²) in [4.78, 5) is 10.7. The Morgan fingerprint density at radius 2 is 1.87 bits per heavy atom. The molecule has 2 unspecified atom stereocenters.